The summed E-state index contributed by atoms with van der Waals surface area (Å²) in [6.45, 7) is 1.29. The minimum Gasteiger partial charge on any atom is -0.496 e. The first-order chi connectivity index (χ1) is 18.6. The number of aromatic nitrogens is 3. The van der Waals surface area contributed by atoms with Crippen molar-refractivity contribution < 1.29 is 23.8 Å². The monoisotopic (exact) mass is 513 g/mol. The number of benzene rings is 2. The number of nitrogens with zero attached hydrogens (tertiary/aromatic N) is 1. The molecule has 38 heavy (non-hydrogen) atoms. The van der Waals surface area contributed by atoms with Crippen LogP contribution in [0.15, 0.2) is 79.3 Å². The van der Waals surface area contributed by atoms with Crippen LogP contribution >= 0.6 is 0 Å². The number of ether oxygens (including phenoxy) is 3. The van der Waals surface area contributed by atoms with Crippen LogP contribution in [0.2, 0.25) is 0 Å². The SMILES string of the molecule is COc1cc(OCC2CCCO2)ccc1/C=C/C(=O)CC(=O)/C=C/c1ccc2cc[nH]c2c1.c1cn[nH]c1. The van der Waals surface area contributed by atoms with Gasteiger partial charge in [-0.25, -0.2) is 0 Å². The second kappa shape index (κ2) is 13.8. The maximum atomic E-state index is 12.3. The van der Waals surface area contributed by atoms with E-state index in [1.807, 2.05) is 48.7 Å². The predicted octanol–water partition coefficient (Wildman–Crippen LogP) is 5.40. The van der Waals surface area contributed by atoms with Crippen LogP contribution in [-0.4, -0.2) is 53.2 Å². The van der Waals surface area contributed by atoms with Crippen LogP contribution in [0.3, 0.4) is 0 Å². The molecule has 2 aromatic carbocycles. The zero-order valence-corrected chi connectivity index (χ0v) is 21.3. The Morgan fingerprint density at radius 1 is 1.08 bits per heavy atom. The molecular formula is C30H31N3O5. The first-order valence-electron chi connectivity index (χ1n) is 12.5. The molecule has 2 aromatic heterocycles. The van der Waals surface area contributed by atoms with E-state index in [1.165, 1.54) is 12.2 Å². The van der Waals surface area contributed by atoms with Crippen LogP contribution < -0.4 is 9.47 Å². The van der Waals surface area contributed by atoms with Crippen molar-refractivity contribution in [3.8, 4) is 11.5 Å². The molecule has 1 aliphatic heterocycles. The molecule has 0 saturated carbocycles. The molecule has 0 bridgehead atoms. The number of allylic oxidation sites excluding steroid dienone is 2. The fourth-order valence-electron chi connectivity index (χ4n) is 3.93. The summed E-state index contributed by atoms with van der Waals surface area (Å²) in [5, 5.41) is 7.32. The van der Waals surface area contributed by atoms with E-state index in [0.717, 1.165) is 41.5 Å². The summed E-state index contributed by atoms with van der Waals surface area (Å²) in [5.74, 6) is 0.754. The largest absolute Gasteiger partial charge is 0.496 e. The number of methoxy groups -OCH3 is 1. The summed E-state index contributed by atoms with van der Waals surface area (Å²) in [4.78, 5) is 27.6. The van der Waals surface area contributed by atoms with E-state index in [4.69, 9.17) is 14.2 Å². The number of carbonyl (C=O) groups excluding carboxylic acids is 2. The summed E-state index contributed by atoms with van der Waals surface area (Å²) < 4.78 is 16.8. The number of hydrogen-bond acceptors (Lipinski definition) is 6. The third kappa shape index (κ3) is 8.04. The van der Waals surface area contributed by atoms with Gasteiger partial charge in [0, 0.05) is 42.3 Å². The molecule has 8 heteroatoms. The number of ketones is 2. The zero-order chi connectivity index (χ0) is 26.6. The highest BCUT2D eigenvalue weighted by molar-refractivity contribution is 6.11. The van der Waals surface area contributed by atoms with Crippen LogP contribution in [0.25, 0.3) is 23.1 Å². The van der Waals surface area contributed by atoms with E-state index in [9.17, 15) is 9.59 Å². The molecule has 0 aliphatic carbocycles. The third-order valence-electron chi connectivity index (χ3n) is 5.91. The van der Waals surface area contributed by atoms with Crippen molar-refractivity contribution in [2.45, 2.75) is 25.4 Å². The Bertz CT molecular complexity index is 1360. The van der Waals surface area contributed by atoms with Crippen LogP contribution in [0.5, 0.6) is 11.5 Å². The van der Waals surface area contributed by atoms with Gasteiger partial charge in [-0.15, -0.1) is 0 Å². The maximum Gasteiger partial charge on any atom is 0.163 e. The molecule has 0 spiro atoms. The lowest BCUT2D eigenvalue weighted by Crippen LogP contribution is -2.16. The van der Waals surface area contributed by atoms with Gasteiger partial charge in [-0.1, -0.05) is 18.2 Å². The van der Waals surface area contributed by atoms with Crippen molar-refractivity contribution in [2.24, 2.45) is 0 Å². The standard InChI is InChI=1S/C27H27NO5.C3H4N2/c1-31-27-17-24(33-18-25-3-2-14-32-25)11-8-21(27)7-10-23(30)16-22(29)9-5-19-4-6-20-12-13-28-26(20)15-19;1-2-4-5-3-1/h4-13,15,17,25,28H,2-3,14,16,18H2,1H3;1-3H,(H,4,5)/b9-5+,10-7+;. The average Bonchev–Trinajstić information content (AvgIpc) is 3.74. The van der Waals surface area contributed by atoms with E-state index < -0.39 is 0 Å². The summed E-state index contributed by atoms with van der Waals surface area (Å²) >= 11 is 0. The van der Waals surface area contributed by atoms with Crippen molar-refractivity contribution in [3.05, 3.63) is 90.4 Å². The number of hydrogen-bond donors (Lipinski definition) is 2. The smallest absolute Gasteiger partial charge is 0.163 e. The zero-order valence-electron chi connectivity index (χ0n) is 21.3. The van der Waals surface area contributed by atoms with Gasteiger partial charge in [-0.05, 0) is 72.4 Å². The van der Waals surface area contributed by atoms with Crippen LogP contribution in [-0.2, 0) is 14.3 Å². The quantitative estimate of drug-likeness (QED) is 0.217. The number of aromatic amines is 2. The molecule has 1 unspecified atom stereocenters. The first-order valence-corrected chi connectivity index (χ1v) is 12.5. The summed E-state index contributed by atoms with van der Waals surface area (Å²) in [6, 6.07) is 15.1. The van der Waals surface area contributed by atoms with Gasteiger partial charge in [0.05, 0.1) is 19.6 Å². The van der Waals surface area contributed by atoms with E-state index in [1.54, 1.807) is 37.7 Å². The maximum absolute atomic E-state index is 12.3. The van der Waals surface area contributed by atoms with Gasteiger partial charge in [0.25, 0.3) is 0 Å². The van der Waals surface area contributed by atoms with Crippen molar-refractivity contribution in [1.82, 2.24) is 15.2 Å². The molecule has 1 saturated heterocycles. The Balaban J connectivity index is 0.000000603. The fourth-order valence-corrected chi connectivity index (χ4v) is 3.93. The highest BCUT2D eigenvalue weighted by Gasteiger charge is 2.16. The Kier molecular flexibility index (Phi) is 9.64. The molecule has 8 nitrogen and oxygen atoms in total. The normalized spacial score (nSPS) is 15.0. The van der Waals surface area contributed by atoms with Crippen molar-refractivity contribution >= 4 is 34.6 Å². The lowest BCUT2D eigenvalue weighted by Gasteiger charge is -2.13. The number of fused-ring (bicyclic) bond motifs is 1. The Labute approximate surface area is 221 Å². The highest BCUT2D eigenvalue weighted by atomic mass is 16.5. The molecular weight excluding hydrogens is 482 g/mol. The Morgan fingerprint density at radius 2 is 1.95 bits per heavy atom. The molecule has 1 aliphatic rings. The third-order valence-corrected chi connectivity index (χ3v) is 5.91. The van der Waals surface area contributed by atoms with Gasteiger partial charge in [0.2, 0.25) is 0 Å². The molecule has 1 atom stereocenters. The van der Waals surface area contributed by atoms with Crippen molar-refractivity contribution in [1.29, 1.82) is 0 Å². The Hall–Kier alpha value is -4.43. The van der Waals surface area contributed by atoms with Crippen molar-refractivity contribution in [3.63, 3.8) is 0 Å². The minimum absolute atomic E-state index is 0.135. The summed E-state index contributed by atoms with van der Waals surface area (Å²) in [5.41, 5.74) is 2.63. The molecule has 2 N–H and O–H groups in total. The molecule has 5 rings (SSSR count). The minimum atomic E-state index is -0.273. The Morgan fingerprint density at radius 3 is 2.66 bits per heavy atom. The van der Waals surface area contributed by atoms with Crippen LogP contribution in [0.1, 0.15) is 30.4 Å². The van der Waals surface area contributed by atoms with E-state index in [-0.39, 0.29) is 24.1 Å². The molecule has 0 radical (unpaired) electrons. The molecule has 1 fully saturated rings. The molecule has 3 heterocycles. The van der Waals surface area contributed by atoms with Gasteiger partial charge in [-0.2, -0.15) is 5.10 Å². The lowest BCUT2D eigenvalue weighted by atomic mass is 10.1. The van der Waals surface area contributed by atoms with Gasteiger partial charge >= 0.3 is 0 Å². The molecule has 196 valence electrons. The van der Waals surface area contributed by atoms with Gasteiger partial charge in [0.15, 0.2) is 11.6 Å². The van der Waals surface area contributed by atoms with Gasteiger partial charge in [-0.3, -0.25) is 14.7 Å². The molecule has 0 amide bonds. The second-order valence-corrected chi connectivity index (χ2v) is 8.72. The van der Waals surface area contributed by atoms with Gasteiger partial charge in [0.1, 0.15) is 18.1 Å². The number of H-pyrrole nitrogens is 2. The summed E-state index contributed by atoms with van der Waals surface area (Å²) in [6.07, 6.45) is 13.6. The number of nitrogens with one attached hydrogen (secondary N) is 2. The average molecular weight is 514 g/mol. The molecule has 4 aromatic rings. The fraction of sp³-hybridized carbons (Fsp3) is 0.233. The highest BCUT2D eigenvalue weighted by Crippen LogP contribution is 2.26. The van der Waals surface area contributed by atoms with Gasteiger partial charge < -0.3 is 19.2 Å². The van der Waals surface area contributed by atoms with Crippen molar-refractivity contribution in [2.75, 3.05) is 20.3 Å². The van der Waals surface area contributed by atoms with Crippen LogP contribution in [0.4, 0.5) is 0 Å². The number of carbonyl (C=O) groups is 2. The topological polar surface area (TPSA) is 106 Å². The first kappa shape index (κ1) is 26.6. The predicted molar refractivity (Wildman–Crippen MR) is 147 cm³/mol. The van der Waals surface area contributed by atoms with E-state index in [2.05, 4.69) is 15.2 Å². The van der Waals surface area contributed by atoms with E-state index >= 15 is 0 Å². The summed E-state index contributed by atoms with van der Waals surface area (Å²) in [7, 11) is 1.57. The van der Waals surface area contributed by atoms with E-state index in [0.29, 0.717) is 18.1 Å². The van der Waals surface area contributed by atoms with Crippen LogP contribution in [0, 0.1) is 0 Å². The lowest BCUT2D eigenvalue weighted by molar-refractivity contribution is -0.121. The second-order valence-electron chi connectivity index (χ2n) is 8.72. The number of rotatable bonds is 10.